The fraction of sp³-hybridized carbons (Fsp3) is 0.889. The van der Waals surface area contributed by atoms with Crippen LogP contribution in [0.1, 0.15) is 175 Å². The number of ether oxygens (including phenoxy) is 3. The summed E-state index contributed by atoms with van der Waals surface area (Å²) in [6, 6.07) is 0.174. The summed E-state index contributed by atoms with van der Waals surface area (Å²) in [4.78, 5) is 30.1. The van der Waals surface area contributed by atoms with E-state index in [-0.39, 0.29) is 30.3 Å². The van der Waals surface area contributed by atoms with Gasteiger partial charge in [-0.1, -0.05) is 96.6 Å². The first kappa shape index (κ1) is 43.4. The lowest BCUT2D eigenvalue weighted by Gasteiger charge is -2.55. The van der Waals surface area contributed by atoms with E-state index in [1.54, 1.807) is 0 Å². The molecule has 0 aromatic heterocycles. The van der Waals surface area contributed by atoms with Crippen LogP contribution in [0.4, 0.5) is 0 Å². The summed E-state index contributed by atoms with van der Waals surface area (Å²) < 4.78 is 20.6. The quantitative estimate of drug-likeness (QED) is 0.0608. The van der Waals surface area contributed by atoms with E-state index in [0.29, 0.717) is 32.5 Å². The van der Waals surface area contributed by atoms with E-state index in [1.165, 1.54) is 64.2 Å². The van der Waals surface area contributed by atoms with Crippen LogP contribution in [0.2, 0.25) is 0 Å². The van der Waals surface area contributed by atoms with Gasteiger partial charge in [0, 0.05) is 32.1 Å². The Morgan fingerprint density at radius 1 is 1.00 bits per heavy atom. The molecule has 4 N–H and O–H groups in total. The maximum atomic E-state index is 15.1. The fourth-order valence-electron chi connectivity index (χ4n) is 10.6. The fourth-order valence-corrected chi connectivity index (χ4v) is 10.6. The number of hydrogen-bond donors (Lipinski definition) is 3. The van der Waals surface area contributed by atoms with Crippen molar-refractivity contribution in [3.8, 4) is 0 Å². The number of allylic oxidation sites excluding steroid dienone is 1. The number of esters is 1. The lowest BCUT2D eigenvalue weighted by Crippen LogP contribution is -2.71. The van der Waals surface area contributed by atoms with Gasteiger partial charge in [-0.15, -0.1) is 0 Å². The van der Waals surface area contributed by atoms with Gasteiger partial charge in [0.15, 0.2) is 17.8 Å². The molecule has 0 aliphatic carbocycles. The van der Waals surface area contributed by atoms with Crippen LogP contribution < -0.4 is 11.1 Å². The molecule has 318 valence electrons. The van der Waals surface area contributed by atoms with Crippen LogP contribution in [0.5, 0.6) is 0 Å². The average molecular weight is 783 g/mol. The van der Waals surface area contributed by atoms with Crippen LogP contribution in [0, 0.1) is 5.92 Å². The Morgan fingerprint density at radius 3 is 2.46 bits per heavy atom. The zero-order valence-electron chi connectivity index (χ0n) is 35.4. The molecule has 56 heavy (non-hydrogen) atoms. The van der Waals surface area contributed by atoms with Crippen molar-refractivity contribution in [3.05, 3.63) is 12.2 Å². The lowest BCUT2D eigenvalue weighted by molar-refractivity contribution is -0.195. The molecule has 0 aromatic carbocycles. The van der Waals surface area contributed by atoms with Crippen LogP contribution in [0.25, 0.3) is 0 Å². The summed E-state index contributed by atoms with van der Waals surface area (Å²) in [6.45, 7) is 8.95. The molecule has 11 heteroatoms. The summed E-state index contributed by atoms with van der Waals surface area (Å²) in [5.41, 5.74) is 4.35. The molecule has 0 bridgehead atoms. The van der Waals surface area contributed by atoms with Gasteiger partial charge in [0.1, 0.15) is 17.5 Å². The molecule has 6 heterocycles. The molecule has 6 aliphatic rings. The highest BCUT2D eigenvalue weighted by atomic mass is 16.6. The second kappa shape index (κ2) is 21.2. The highest BCUT2D eigenvalue weighted by molar-refractivity contribution is 5.91. The minimum Gasteiger partial charge on any atom is -0.454 e. The number of guanidine groups is 1. The van der Waals surface area contributed by atoms with Crippen molar-refractivity contribution in [2.45, 2.75) is 223 Å². The number of nitrogens with two attached hydrogens (primary N) is 1. The van der Waals surface area contributed by atoms with Gasteiger partial charge in [-0.25, -0.2) is 4.99 Å². The summed E-state index contributed by atoms with van der Waals surface area (Å²) >= 11 is 0. The van der Waals surface area contributed by atoms with Crippen LogP contribution >= 0.6 is 0 Å². The number of unbranched alkanes of at least 4 members (excludes halogenated alkanes) is 11. The first-order chi connectivity index (χ1) is 27.3. The predicted octanol–water partition coefficient (Wildman–Crippen LogP) is 7.74. The number of β-amino-alcohol motifs (C(OH)–C–C–N with tert-alkyl or cyclic N) is 1. The number of amidine groups is 1. The highest BCUT2D eigenvalue weighted by Gasteiger charge is 2.62. The molecular weight excluding hydrogens is 705 g/mol. The monoisotopic (exact) mass is 783 g/mol. The van der Waals surface area contributed by atoms with Crippen molar-refractivity contribution in [2.24, 2.45) is 21.6 Å². The van der Waals surface area contributed by atoms with E-state index in [9.17, 15) is 5.11 Å². The first-order valence-electron chi connectivity index (χ1n) is 23.4. The number of carbonyl (C=O) groups is 1. The summed E-state index contributed by atoms with van der Waals surface area (Å²) in [5.74, 6) is 0.892. The molecule has 0 amide bonds. The molecule has 3 fully saturated rings. The smallest absolute Gasteiger partial charge is 0.316 e. The van der Waals surface area contributed by atoms with Crippen molar-refractivity contribution >= 4 is 17.8 Å². The summed E-state index contributed by atoms with van der Waals surface area (Å²) in [7, 11) is 0. The number of carbonyl (C=O) groups excluding carboxylic acids is 1. The third kappa shape index (κ3) is 10.9. The van der Waals surface area contributed by atoms with Crippen molar-refractivity contribution < 1.29 is 24.1 Å². The maximum absolute atomic E-state index is 15.1. The molecule has 9 atom stereocenters. The van der Waals surface area contributed by atoms with Gasteiger partial charge in [-0.3, -0.25) is 9.79 Å². The van der Waals surface area contributed by atoms with Gasteiger partial charge in [0.2, 0.25) is 0 Å². The SMILES string of the molecule is CCCCCCCCCCCCCC[C@H](OC(=O)[C@H]1[C@H]2CC[C@H]3C[C@]4(CCC=C[C@H](CC)O4)NC(=N[C@@]14CCC[C@@H](C)O4)N32)C1=NCCCN1C[C@H](O)CCN. The van der Waals surface area contributed by atoms with Gasteiger partial charge in [0.25, 0.3) is 0 Å². The lowest BCUT2D eigenvalue weighted by atomic mass is 9.80. The number of aliphatic hydroxyl groups excluding tert-OH is 1. The summed E-state index contributed by atoms with van der Waals surface area (Å²) in [5, 5.41) is 14.7. The molecule has 11 nitrogen and oxygen atoms in total. The molecule has 2 spiro atoms. The molecule has 6 rings (SSSR count). The minimum absolute atomic E-state index is 0.00778. The zero-order valence-corrected chi connectivity index (χ0v) is 35.4. The molecule has 0 unspecified atom stereocenters. The van der Waals surface area contributed by atoms with Crippen molar-refractivity contribution in [1.82, 2.24) is 15.1 Å². The van der Waals surface area contributed by atoms with Crippen LogP contribution in [0.15, 0.2) is 22.1 Å². The molecule has 0 aromatic rings. The Balaban J connectivity index is 1.18. The van der Waals surface area contributed by atoms with Gasteiger partial charge in [0.05, 0.1) is 24.4 Å². The maximum Gasteiger partial charge on any atom is 0.316 e. The van der Waals surface area contributed by atoms with Crippen LogP contribution in [-0.2, 0) is 19.0 Å². The molecule has 6 aliphatic heterocycles. The number of nitrogens with one attached hydrogen (secondary N) is 1. The normalized spacial score (nSPS) is 32.4. The number of aliphatic hydroxyl groups is 1. The van der Waals surface area contributed by atoms with Gasteiger partial charge < -0.3 is 40.2 Å². The zero-order chi connectivity index (χ0) is 39.4. The molecule has 0 radical (unpaired) electrons. The number of hydrogen-bond acceptors (Lipinski definition) is 11. The van der Waals surface area contributed by atoms with E-state index < -0.39 is 29.6 Å². The first-order valence-corrected chi connectivity index (χ1v) is 23.4. The Hall–Kier alpha value is -2.21. The summed E-state index contributed by atoms with van der Waals surface area (Å²) in [6.07, 6.45) is 29.1. The Labute approximate surface area is 339 Å². The van der Waals surface area contributed by atoms with E-state index >= 15 is 4.79 Å². The number of aliphatic imine (C=N–C) groups is 2. The van der Waals surface area contributed by atoms with Crippen LogP contribution in [-0.4, -0.2) is 107 Å². The minimum atomic E-state index is -0.995. The predicted molar refractivity (Wildman–Crippen MR) is 224 cm³/mol. The standard InChI is InChI=1S/C45H78N6O5/c1-4-6-7-8-9-10-11-12-13-14-15-16-23-39(41-47-30-20-31-50(41)33-36(52)26-29-46)54-42(53)40-38-25-24-35-32-44(27-18-17-22-37(5-2)56-44)48-43(51(35)38)49-45(40)28-19-21-34(3)55-45/h17,22,34-40,52H,4-16,18-21,23-33,46H2,1-3H3,(H,48,49)/t34-,35+,36-,37+,38-,39+,40-,44-,45-/m1/s1. The third-order valence-corrected chi connectivity index (χ3v) is 13.5. The second-order valence-corrected chi connectivity index (χ2v) is 18.0. The van der Waals surface area contributed by atoms with Crippen molar-refractivity contribution in [2.75, 3.05) is 26.2 Å². The van der Waals surface area contributed by atoms with E-state index in [4.69, 9.17) is 29.9 Å². The van der Waals surface area contributed by atoms with E-state index in [2.05, 4.69) is 48.0 Å². The van der Waals surface area contributed by atoms with E-state index in [0.717, 1.165) is 95.4 Å². The highest BCUT2D eigenvalue weighted by Crippen LogP contribution is 2.50. The van der Waals surface area contributed by atoms with Crippen molar-refractivity contribution in [1.29, 1.82) is 0 Å². The molecular formula is C45H78N6O5. The van der Waals surface area contributed by atoms with Crippen molar-refractivity contribution in [3.63, 3.8) is 0 Å². The largest absolute Gasteiger partial charge is 0.454 e. The number of rotatable bonds is 21. The molecule has 0 saturated carbocycles. The van der Waals surface area contributed by atoms with E-state index in [1.807, 2.05) is 0 Å². The molecule has 3 saturated heterocycles. The van der Waals surface area contributed by atoms with Gasteiger partial charge >= 0.3 is 5.97 Å². The third-order valence-electron chi connectivity index (χ3n) is 13.5. The second-order valence-electron chi connectivity index (χ2n) is 18.0. The Kier molecular flexibility index (Phi) is 16.4. The Morgan fingerprint density at radius 2 is 1.75 bits per heavy atom. The van der Waals surface area contributed by atoms with Gasteiger partial charge in [-0.2, -0.15) is 0 Å². The van der Waals surface area contributed by atoms with Gasteiger partial charge in [-0.05, 0) is 90.5 Å². The topological polar surface area (TPSA) is 134 Å². The average Bonchev–Trinajstić information content (AvgIpc) is 3.48. The van der Waals surface area contributed by atoms with Crippen LogP contribution in [0.3, 0.4) is 0 Å². The number of nitrogens with zero attached hydrogens (tertiary/aromatic N) is 4. The Bertz CT molecular complexity index is 1330.